The molecule has 0 spiro atoms. The van der Waals surface area contributed by atoms with Crippen LogP contribution in [0.1, 0.15) is 57.0 Å². The molecule has 1 rings (SSSR count). The highest BCUT2D eigenvalue weighted by molar-refractivity contribution is 7.89. The number of benzene rings is 1. The molecule has 0 aromatic heterocycles. The van der Waals surface area contributed by atoms with Gasteiger partial charge in [0.2, 0.25) is 10.0 Å². The van der Waals surface area contributed by atoms with Gasteiger partial charge in [0.15, 0.2) is 0 Å². The van der Waals surface area contributed by atoms with Gasteiger partial charge in [0.25, 0.3) is 5.91 Å². The highest BCUT2D eigenvalue weighted by Gasteiger charge is 2.23. The molecule has 0 fully saturated rings. The third kappa shape index (κ3) is 7.85. The minimum Gasteiger partial charge on any atom is -0.381 e. The molecule has 0 saturated carbocycles. The van der Waals surface area contributed by atoms with Crippen molar-refractivity contribution >= 4 is 15.9 Å². The van der Waals surface area contributed by atoms with Gasteiger partial charge in [-0.2, -0.15) is 0 Å². The molecule has 26 heavy (non-hydrogen) atoms. The Labute approximate surface area is 157 Å². The monoisotopic (exact) mass is 384 g/mol. The summed E-state index contributed by atoms with van der Waals surface area (Å²) in [4.78, 5) is 12.5. The van der Waals surface area contributed by atoms with Crippen LogP contribution in [0.2, 0.25) is 0 Å². The number of sulfonamides is 1. The number of hydrogen-bond donors (Lipinski definition) is 2. The summed E-state index contributed by atoms with van der Waals surface area (Å²) in [7, 11) is -3.68. The quantitative estimate of drug-likeness (QED) is 0.641. The van der Waals surface area contributed by atoms with Crippen LogP contribution in [-0.4, -0.2) is 39.6 Å². The Morgan fingerprint density at radius 2 is 1.88 bits per heavy atom. The largest absolute Gasteiger partial charge is 0.381 e. The maximum Gasteiger partial charge on any atom is 0.251 e. The third-order valence-electron chi connectivity index (χ3n) is 3.41. The number of carbonyl (C=O) groups excluding carboxylic acids is 1. The van der Waals surface area contributed by atoms with Crippen molar-refractivity contribution in [2.24, 2.45) is 5.92 Å². The molecule has 2 N–H and O–H groups in total. The van der Waals surface area contributed by atoms with E-state index in [9.17, 15) is 13.2 Å². The van der Waals surface area contributed by atoms with Crippen molar-refractivity contribution in [3.05, 3.63) is 29.3 Å². The van der Waals surface area contributed by atoms with Crippen LogP contribution < -0.4 is 10.0 Å². The van der Waals surface area contributed by atoms with E-state index in [2.05, 4.69) is 23.9 Å². The Bertz CT molecular complexity index is 707. The molecule has 0 heterocycles. The SMILES string of the molecule is Cc1ccc(S(=O)(=O)NC(C)(C)C)cc1C(=O)NCCCOCC(C)C. The number of ether oxygens (including phenoxy) is 1. The molecule has 148 valence electrons. The van der Waals surface area contributed by atoms with Crippen LogP contribution in [0.4, 0.5) is 0 Å². The van der Waals surface area contributed by atoms with Gasteiger partial charge in [-0.1, -0.05) is 19.9 Å². The van der Waals surface area contributed by atoms with Crippen LogP contribution in [0.5, 0.6) is 0 Å². The van der Waals surface area contributed by atoms with Gasteiger partial charge in [0.05, 0.1) is 4.90 Å². The van der Waals surface area contributed by atoms with Crippen molar-refractivity contribution in [3.63, 3.8) is 0 Å². The molecule has 0 aliphatic heterocycles. The Morgan fingerprint density at radius 1 is 1.23 bits per heavy atom. The minimum absolute atomic E-state index is 0.0865. The van der Waals surface area contributed by atoms with Gasteiger partial charge in [0.1, 0.15) is 0 Å². The topological polar surface area (TPSA) is 84.5 Å². The fourth-order valence-electron chi connectivity index (χ4n) is 2.27. The molecule has 1 amide bonds. The number of aryl methyl sites for hydroxylation is 1. The van der Waals surface area contributed by atoms with Crippen LogP contribution in [0, 0.1) is 12.8 Å². The van der Waals surface area contributed by atoms with E-state index >= 15 is 0 Å². The molecule has 0 atom stereocenters. The normalized spacial score (nSPS) is 12.4. The fourth-order valence-corrected chi connectivity index (χ4v) is 3.71. The second-order valence-electron chi connectivity index (χ2n) is 7.91. The number of amides is 1. The zero-order valence-electron chi connectivity index (χ0n) is 16.7. The second-order valence-corrected chi connectivity index (χ2v) is 9.59. The highest BCUT2D eigenvalue weighted by atomic mass is 32.2. The predicted molar refractivity (Wildman–Crippen MR) is 104 cm³/mol. The van der Waals surface area contributed by atoms with Crippen LogP contribution in [-0.2, 0) is 14.8 Å². The maximum atomic E-state index is 12.5. The van der Waals surface area contributed by atoms with Gasteiger partial charge < -0.3 is 10.1 Å². The molecule has 7 heteroatoms. The number of rotatable bonds is 9. The lowest BCUT2D eigenvalue weighted by atomic mass is 10.1. The smallest absolute Gasteiger partial charge is 0.251 e. The Kier molecular flexibility index (Phi) is 8.24. The van der Waals surface area contributed by atoms with E-state index in [1.54, 1.807) is 33.8 Å². The molecule has 0 aliphatic carbocycles. The molecular weight excluding hydrogens is 352 g/mol. The molecule has 1 aromatic carbocycles. The second kappa shape index (κ2) is 9.48. The number of hydrogen-bond acceptors (Lipinski definition) is 4. The predicted octanol–water partition coefficient (Wildman–Crippen LogP) is 2.86. The van der Waals surface area contributed by atoms with Crippen molar-refractivity contribution in [1.82, 2.24) is 10.0 Å². The summed E-state index contributed by atoms with van der Waals surface area (Å²) in [6.45, 7) is 13.0. The van der Waals surface area contributed by atoms with Gasteiger partial charge in [-0.25, -0.2) is 13.1 Å². The minimum atomic E-state index is -3.68. The first-order valence-corrected chi connectivity index (χ1v) is 10.4. The van der Waals surface area contributed by atoms with E-state index < -0.39 is 15.6 Å². The molecule has 1 aromatic rings. The number of nitrogens with one attached hydrogen (secondary N) is 2. The van der Waals surface area contributed by atoms with Crippen molar-refractivity contribution in [3.8, 4) is 0 Å². The maximum absolute atomic E-state index is 12.5. The van der Waals surface area contributed by atoms with Gasteiger partial charge in [0, 0.05) is 30.9 Å². The van der Waals surface area contributed by atoms with Crippen LogP contribution in [0.15, 0.2) is 23.1 Å². The van der Waals surface area contributed by atoms with E-state index in [1.807, 2.05) is 0 Å². The van der Waals surface area contributed by atoms with Crippen LogP contribution in [0.3, 0.4) is 0 Å². The molecule has 0 unspecified atom stereocenters. The summed E-state index contributed by atoms with van der Waals surface area (Å²) in [5.74, 6) is 0.206. The first kappa shape index (κ1) is 22.6. The lowest BCUT2D eigenvalue weighted by Crippen LogP contribution is -2.40. The average molecular weight is 385 g/mol. The molecule has 6 nitrogen and oxygen atoms in total. The van der Waals surface area contributed by atoms with Crippen molar-refractivity contribution in [2.75, 3.05) is 19.8 Å². The van der Waals surface area contributed by atoms with E-state index in [0.717, 1.165) is 5.56 Å². The Morgan fingerprint density at radius 3 is 2.46 bits per heavy atom. The third-order valence-corrected chi connectivity index (χ3v) is 5.16. The van der Waals surface area contributed by atoms with E-state index in [4.69, 9.17) is 4.74 Å². The average Bonchev–Trinajstić information content (AvgIpc) is 2.48. The van der Waals surface area contributed by atoms with Crippen LogP contribution in [0.25, 0.3) is 0 Å². The van der Waals surface area contributed by atoms with E-state index in [0.29, 0.717) is 37.7 Å². The van der Waals surface area contributed by atoms with Crippen molar-refractivity contribution < 1.29 is 17.9 Å². The van der Waals surface area contributed by atoms with Gasteiger partial charge in [-0.15, -0.1) is 0 Å². The Balaban J connectivity index is 2.73. The number of carbonyl (C=O) groups is 1. The van der Waals surface area contributed by atoms with Crippen molar-refractivity contribution in [1.29, 1.82) is 0 Å². The first-order valence-electron chi connectivity index (χ1n) is 8.93. The van der Waals surface area contributed by atoms with Gasteiger partial charge in [-0.3, -0.25) is 4.79 Å². The summed E-state index contributed by atoms with van der Waals surface area (Å²) < 4.78 is 33.0. The summed E-state index contributed by atoms with van der Waals surface area (Å²) in [5, 5.41) is 2.82. The molecule has 0 radical (unpaired) electrons. The molecular formula is C19H32N2O4S. The lowest BCUT2D eigenvalue weighted by Gasteiger charge is -2.20. The summed E-state index contributed by atoms with van der Waals surface area (Å²) in [6.07, 6.45) is 0.709. The molecule has 0 bridgehead atoms. The van der Waals surface area contributed by atoms with Gasteiger partial charge >= 0.3 is 0 Å². The summed E-state index contributed by atoms with van der Waals surface area (Å²) >= 11 is 0. The zero-order chi connectivity index (χ0) is 20.0. The van der Waals surface area contributed by atoms with E-state index in [-0.39, 0.29) is 10.8 Å². The highest BCUT2D eigenvalue weighted by Crippen LogP contribution is 2.17. The molecule has 0 aliphatic rings. The van der Waals surface area contributed by atoms with E-state index in [1.165, 1.54) is 12.1 Å². The van der Waals surface area contributed by atoms with Crippen molar-refractivity contribution in [2.45, 2.75) is 58.4 Å². The summed E-state index contributed by atoms with van der Waals surface area (Å²) in [6, 6.07) is 4.59. The standard InChI is InChI=1S/C19H32N2O4S/c1-14(2)13-25-11-7-10-20-18(22)17-12-16(9-8-15(17)3)26(23,24)21-19(4,5)6/h8-9,12,14,21H,7,10-11,13H2,1-6H3,(H,20,22). The fraction of sp³-hybridized carbons (Fsp3) is 0.632. The van der Waals surface area contributed by atoms with Gasteiger partial charge in [-0.05, 0) is 57.7 Å². The Hall–Kier alpha value is -1.44. The molecule has 0 saturated heterocycles. The first-order chi connectivity index (χ1) is 11.9. The summed E-state index contributed by atoms with van der Waals surface area (Å²) in [5.41, 5.74) is 0.500. The lowest BCUT2D eigenvalue weighted by molar-refractivity contribution is 0.0924. The van der Waals surface area contributed by atoms with Crippen LogP contribution >= 0.6 is 0 Å². The zero-order valence-corrected chi connectivity index (χ0v) is 17.5.